The third-order valence-electron chi connectivity index (χ3n) is 6.25. The predicted molar refractivity (Wildman–Crippen MR) is 91.7 cm³/mol. The average Bonchev–Trinajstić information content (AvgIpc) is 3.39. The summed E-state index contributed by atoms with van der Waals surface area (Å²) in [4.78, 5) is 17.6. The van der Waals surface area contributed by atoms with Crippen LogP contribution in [0.15, 0.2) is 4.52 Å². The van der Waals surface area contributed by atoms with Crippen LogP contribution in [0, 0.1) is 19.8 Å². The number of carbonyl (C=O) groups is 1. The molecule has 3 aliphatic rings. The van der Waals surface area contributed by atoms with Crippen LogP contribution in [0.3, 0.4) is 0 Å². The van der Waals surface area contributed by atoms with E-state index in [1.807, 2.05) is 13.8 Å². The fraction of sp³-hybridized carbons (Fsp3) is 0.789. The molecule has 3 fully saturated rings. The molecule has 132 valence electrons. The van der Waals surface area contributed by atoms with E-state index in [0.717, 1.165) is 55.0 Å². The highest BCUT2D eigenvalue weighted by Gasteiger charge is 2.42. The second kappa shape index (κ2) is 6.51. The number of amides is 1. The molecule has 0 aromatic carbocycles. The number of likely N-dealkylation sites (tertiary alicyclic amines) is 2. The molecule has 1 aromatic heterocycles. The first-order valence-electron chi connectivity index (χ1n) is 9.58. The fourth-order valence-corrected chi connectivity index (χ4v) is 4.78. The van der Waals surface area contributed by atoms with E-state index in [-0.39, 0.29) is 0 Å². The highest BCUT2D eigenvalue weighted by atomic mass is 16.5. The van der Waals surface area contributed by atoms with Crippen molar-refractivity contribution in [3.63, 3.8) is 0 Å². The molecule has 3 heterocycles. The number of hydrogen-bond donors (Lipinski definition) is 0. The first-order valence-corrected chi connectivity index (χ1v) is 9.58. The van der Waals surface area contributed by atoms with Crippen molar-refractivity contribution in [3.05, 3.63) is 17.0 Å². The van der Waals surface area contributed by atoms with Crippen molar-refractivity contribution in [2.24, 2.45) is 5.92 Å². The zero-order valence-corrected chi connectivity index (χ0v) is 15.0. The number of rotatable bonds is 4. The van der Waals surface area contributed by atoms with Crippen molar-refractivity contribution >= 4 is 5.91 Å². The van der Waals surface area contributed by atoms with Crippen molar-refractivity contribution in [1.82, 2.24) is 15.0 Å². The molecule has 1 aliphatic carbocycles. The minimum atomic E-state index is 0.303. The molecule has 0 spiro atoms. The van der Waals surface area contributed by atoms with Crippen molar-refractivity contribution < 1.29 is 9.32 Å². The van der Waals surface area contributed by atoms with Crippen LogP contribution in [0.5, 0.6) is 0 Å². The minimum absolute atomic E-state index is 0.303. The third kappa shape index (κ3) is 3.10. The van der Waals surface area contributed by atoms with Crippen LogP contribution in [0.2, 0.25) is 0 Å². The zero-order chi connectivity index (χ0) is 16.7. The molecule has 5 nitrogen and oxygen atoms in total. The Morgan fingerprint density at radius 2 is 2.04 bits per heavy atom. The van der Waals surface area contributed by atoms with Gasteiger partial charge in [0.2, 0.25) is 5.91 Å². The summed E-state index contributed by atoms with van der Waals surface area (Å²) in [6.07, 6.45) is 7.87. The normalized spacial score (nSPS) is 28.0. The second-order valence-corrected chi connectivity index (χ2v) is 7.87. The summed E-state index contributed by atoms with van der Waals surface area (Å²) in [6, 6.07) is 1.59. The molecule has 2 aliphatic heterocycles. The number of carbonyl (C=O) groups excluding carboxylic acids is 1. The van der Waals surface area contributed by atoms with E-state index in [2.05, 4.69) is 15.0 Å². The molecular weight excluding hydrogens is 302 g/mol. The summed E-state index contributed by atoms with van der Waals surface area (Å²) >= 11 is 0. The van der Waals surface area contributed by atoms with Crippen LogP contribution in [0.4, 0.5) is 0 Å². The van der Waals surface area contributed by atoms with Gasteiger partial charge in [-0.25, -0.2) is 0 Å². The summed E-state index contributed by atoms with van der Waals surface area (Å²) < 4.78 is 5.20. The Labute approximate surface area is 144 Å². The number of aromatic nitrogens is 1. The highest BCUT2D eigenvalue weighted by molar-refractivity contribution is 5.76. The van der Waals surface area contributed by atoms with E-state index in [0.29, 0.717) is 18.2 Å². The molecule has 0 bridgehead atoms. The molecule has 1 aromatic rings. The fourth-order valence-electron chi connectivity index (χ4n) is 4.78. The Hall–Kier alpha value is -1.36. The van der Waals surface area contributed by atoms with Gasteiger partial charge in [0.1, 0.15) is 5.76 Å². The molecule has 0 radical (unpaired) electrons. The van der Waals surface area contributed by atoms with Crippen molar-refractivity contribution in [2.75, 3.05) is 19.6 Å². The molecule has 0 N–H and O–H groups in total. The van der Waals surface area contributed by atoms with Gasteiger partial charge in [-0.15, -0.1) is 0 Å². The summed E-state index contributed by atoms with van der Waals surface area (Å²) in [5.74, 6) is 1.85. The topological polar surface area (TPSA) is 49.6 Å². The van der Waals surface area contributed by atoms with Gasteiger partial charge in [-0.3, -0.25) is 9.69 Å². The van der Waals surface area contributed by atoms with Gasteiger partial charge >= 0.3 is 0 Å². The maximum absolute atomic E-state index is 12.7. The molecule has 4 rings (SSSR count). The van der Waals surface area contributed by atoms with Gasteiger partial charge in [-0.1, -0.05) is 5.16 Å². The van der Waals surface area contributed by atoms with Gasteiger partial charge in [0.25, 0.3) is 0 Å². The Kier molecular flexibility index (Phi) is 4.37. The number of hydrogen-bond acceptors (Lipinski definition) is 4. The molecule has 2 saturated heterocycles. The molecule has 5 heteroatoms. The summed E-state index contributed by atoms with van der Waals surface area (Å²) in [7, 11) is 0. The maximum atomic E-state index is 12.7. The Balaban J connectivity index is 1.33. The molecule has 2 atom stereocenters. The average molecular weight is 331 g/mol. The summed E-state index contributed by atoms with van der Waals surface area (Å²) in [5, 5.41) is 3.99. The first-order chi connectivity index (χ1) is 11.6. The van der Waals surface area contributed by atoms with E-state index in [4.69, 9.17) is 4.52 Å². The van der Waals surface area contributed by atoms with E-state index < -0.39 is 0 Å². The molecule has 0 unspecified atom stereocenters. The first kappa shape index (κ1) is 16.1. The van der Waals surface area contributed by atoms with E-state index in [1.165, 1.54) is 32.2 Å². The summed E-state index contributed by atoms with van der Waals surface area (Å²) in [6.45, 7) is 7.07. The van der Waals surface area contributed by atoms with Crippen LogP contribution >= 0.6 is 0 Å². The minimum Gasteiger partial charge on any atom is -0.361 e. The summed E-state index contributed by atoms with van der Waals surface area (Å²) in [5.41, 5.74) is 2.03. The van der Waals surface area contributed by atoms with Crippen LogP contribution in [0.1, 0.15) is 55.5 Å². The van der Waals surface area contributed by atoms with E-state index >= 15 is 0 Å². The Morgan fingerprint density at radius 3 is 2.75 bits per heavy atom. The quantitative estimate of drug-likeness (QED) is 0.851. The van der Waals surface area contributed by atoms with E-state index in [1.54, 1.807) is 0 Å². The number of fused-ring (bicyclic) bond motifs is 1. The Bertz CT molecular complexity index is 588. The molecule has 1 saturated carbocycles. The third-order valence-corrected chi connectivity index (χ3v) is 6.25. The van der Waals surface area contributed by atoms with Gasteiger partial charge in [0, 0.05) is 37.2 Å². The molecule has 1 amide bonds. The lowest BCUT2D eigenvalue weighted by atomic mass is 9.83. The van der Waals surface area contributed by atoms with E-state index in [9.17, 15) is 4.79 Å². The lowest BCUT2D eigenvalue weighted by Crippen LogP contribution is -2.55. The van der Waals surface area contributed by atoms with Gasteiger partial charge in [-0.05, 0) is 64.8 Å². The lowest BCUT2D eigenvalue weighted by Gasteiger charge is -2.47. The zero-order valence-electron chi connectivity index (χ0n) is 15.0. The van der Waals surface area contributed by atoms with Crippen LogP contribution in [-0.4, -0.2) is 52.6 Å². The van der Waals surface area contributed by atoms with Crippen molar-refractivity contribution in [1.29, 1.82) is 0 Å². The second-order valence-electron chi connectivity index (χ2n) is 7.87. The van der Waals surface area contributed by atoms with Crippen LogP contribution < -0.4 is 0 Å². The smallest absolute Gasteiger partial charge is 0.222 e. The molecular formula is C19H29N3O2. The van der Waals surface area contributed by atoms with Gasteiger partial charge < -0.3 is 9.42 Å². The monoisotopic (exact) mass is 331 g/mol. The van der Waals surface area contributed by atoms with Crippen LogP contribution in [-0.2, 0) is 11.2 Å². The molecule has 24 heavy (non-hydrogen) atoms. The number of nitrogens with zero attached hydrogens (tertiary/aromatic N) is 3. The predicted octanol–water partition coefficient (Wildman–Crippen LogP) is 2.70. The van der Waals surface area contributed by atoms with Gasteiger partial charge in [-0.2, -0.15) is 0 Å². The number of aryl methyl sites for hydroxylation is 2. The Morgan fingerprint density at radius 1 is 1.21 bits per heavy atom. The maximum Gasteiger partial charge on any atom is 0.222 e. The lowest BCUT2D eigenvalue weighted by molar-refractivity contribution is -0.135. The largest absolute Gasteiger partial charge is 0.361 e. The SMILES string of the molecule is Cc1noc(C)c1CCC(=O)N1CC[C@H]2[C@H](CCCN2C2CC2)C1. The number of piperidine rings is 2. The van der Waals surface area contributed by atoms with Crippen molar-refractivity contribution in [3.8, 4) is 0 Å². The van der Waals surface area contributed by atoms with Crippen molar-refractivity contribution in [2.45, 2.75) is 70.9 Å². The van der Waals surface area contributed by atoms with Gasteiger partial charge in [0.05, 0.1) is 5.69 Å². The standard InChI is InChI=1S/C19H29N3O2/c1-13-17(14(2)24-20-13)7-8-19(23)21-11-9-18-15(12-21)4-3-10-22(18)16-5-6-16/h15-16,18H,3-12H2,1-2H3/t15-,18+/m1/s1. The van der Waals surface area contributed by atoms with Crippen LogP contribution in [0.25, 0.3) is 0 Å². The van der Waals surface area contributed by atoms with Gasteiger partial charge in [0.15, 0.2) is 0 Å². The highest BCUT2D eigenvalue weighted by Crippen LogP contribution is 2.38.